The number of aromatic nitrogens is 2. The number of amides is 1. The van der Waals surface area contributed by atoms with Crippen LogP contribution in [0.4, 0.5) is 13.9 Å². The molecule has 0 radical (unpaired) electrons. The number of ketones is 1. The summed E-state index contributed by atoms with van der Waals surface area (Å²) in [5.74, 6) is -2.14. The van der Waals surface area contributed by atoms with Crippen LogP contribution in [0.3, 0.4) is 0 Å². The number of nitrogens with zero attached hydrogens (tertiary/aromatic N) is 3. The van der Waals surface area contributed by atoms with Gasteiger partial charge < -0.3 is 14.6 Å². The van der Waals surface area contributed by atoms with Crippen LogP contribution in [-0.2, 0) is 15.3 Å². The molecule has 5 aromatic rings. The van der Waals surface area contributed by atoms with Gasteiger partial charge in [-0.3, -0.25) is 14.5 Å². The molecule has 8 nitrogen and oxygen atoms in total. The number of benzene rings is 4. The number of methoxy groups -OCH3 is 1. The largest absolute Gasteiger partial charge is 0.507 e. The average molecular weight is 644 g/mol. The van der Waals surface area contributed by atoms with E-state index in [4.69, 9.17) is 9.47 Å². The lowest BCUT2D eigenvalue weighted by atomic mass is 9.95. The minimum Gasteiger partial charge on any atom is -0.507 e. The quantitative estimate of drug-likeness (QED) is 0.0578. The van der Waals surface area contributed by atoms with Crippen LogP contribution in [0.25, 0.3) is 5.76 Å². The maximum absolute atomic E-state index is 14.6. The molecule has 0 spiro atoms. The van der Waals surface area contributed by atoms with Crippen molar-refractivity contribution in [2.24, 2.45) is 0 Å². The monoisotopic (exact) mass is 643 g/mol. The number of aliphatic hydroxyl groups excluding tert-OH is 1. The molecule has 1 aliphatic rings. The zero-order valence-corrected chi connectivity index (χ0v) is 25.1. The van der Waals surface area contributed by atoms with Gasteiger partial charge >= 0.3 is 5.91 Å². The maximum Gasteiger partial charge on any atom is 0.301 e. The zero-order chi connectivity index (χ0) is 31.5. The van der Waals surface area contributed by atoms with E-state index in [2.05, 4.69) is 10.2 Å². The highest BCUT2D eigenvalue weighted by Gasteiger charge is 2.48. The molecule has 226 valence electrons. The predicted octanol–water partition coefficient (Wildman–Crippen LogP) is 7.54. The SMILES string of the molecule is COc1ccc(/C(O)=C2\C(=O)C(=O)N(c3nnc(SCc4ccc(F)cc4)s3)C2c2cccc(Oc3ccccc3)c2)cc1F. The Morgan fingerprint density at radius 2 is 1.69 bits per heavy atom. The van der Waals surface area contributed by atoms with Crippen LogP contribution < -0.4 is 14.4 Å². The van der Waals surface area contributed by atoms with Crippen LogP contribution in [0.2, 0.25) is 0 Å². The van der Waals surface area contributed by atoms with Crippen LogP contribution in [0.1, 0.15) is 22.7 Å². The Morgan fingerprint density at radius 1 is 0.933 bits per heavy atom. The summed E-state index contributed by atoms with van der Waals surface area (Å²) in [4.78, 5) is 28.4. The minimum atomic E-state index is -1.14. The number of anilines is 1. The molecule has 45 heavy (non-hydrogen) atoms. The molecule has 0 aliphatic carbocycles. The Hall–Kier alpha value is -5.07. The number of ether oxygens (including phenoxy) is 2. The summed E-state index contributed by atoms with van der Waals surface area (Å²) < 4.78 is 39.4. The van der Waals surface area contributed by atoms with Crippen molar-refractivity contribution in [1.82, 2.24) is 10.2 Å². The minimum absolute atomic E-state index is 0.0132. The number of rotatable bonds is 9. The summed E-state index contributed by atoms with van der Waals surface area (Å²) in [6.07, 6.45) is 0. The fourth-order valence-corrected chi connectivity index (χ4v) is 6.59. The number of aliphatic hydroxyl groups is 1. The number of carbonyl (C=O) groups excluding carboxylic acids is 2. The van der Waals surface area contributed by atoms with Crippen LogP contribution >= 0.6 is 23.1 Å². The highest BCUT2D eigenvalue weighted by molar-refractivity contribution is 8.00. The second-order valence-corrected chi connectivity index (χ2v) is 12.0. The van der Waals surface area contributed by atoms with Crippen molar-refractivity contribution in [2.45, 2.75) is 16.1 Å². The lowest BCUT2D eigenvalue weighted by Gasteiger charge is -2.23. The standard InChI is InChI=1S/C33H23F2N3O5S2/c1-42-26-15-12-21(17-25(26)35)29(39)27-28(20-6-5-9-24(16-20)43-23-7-3-2-4-8-23)38(31(41)30(27)40)32-36-37-33(45-32)44-18-19-10-13-22(34)14-11-19/h2-17,28,39H,18H2,1H3/b29-27+. The van der Waals surface area contributed by atoms with E-state index >= 15 is 0 Å². The molecule has 1 amide bonds. The van der Waals surface area contributed by atoms with Gasteiger partial charge in [0.05, 0.1) is 18.7 Å². The van der Waals surface area contributed by atoms with E-state index in [0.29, 0.717) is 27.2 Å². The van der Waals surface area contributed by atoms with Gasteiger partial charge in [-0.15, -0.1) is 10.2 Å². The predicted molar refractivity (Wildman–Crippen MR) is 167 cm³/mol. The lowest BCUT2D eigenvalue weighted by Crippen LogP contribution is -2.29. The van der Waals surface area contributed by atoms with E-state index in [-0.39, 0.29) is 27.8 Å². The van der Waals surface area contributed by atoms with Crippen molar-refractivity contribution >= 4 is 45.7 Å². The molecular weight excluding hydrogens is 621 g/mol. The number of hydrogen-bond acceptors (Lipinski definition) is 9. The van der Waals surface area contributed by atoms with Crippen molar-refractivity contribution in [3.63, 3.8) is 0 Å². The summed E-state index contributed by atoms with van der Waals surface area (Å²) >= 11 is 2.42. The molecule has 2 heterocycles. The average Bonchev–Trinajstić information content (AvgIpc) is 3.62. The maximum atomic E-state index is 14.6. The molecule has 0 bridgehead atoms. The van der Waals surface area contributed by atoms with Gasteiger partial charge in [0, 0.05) is 11.3 Å². The summed E-state index contributed by atoms with van der Waals surface area (Å²) in [7, 11) is 1.31. The van der Waals surface area contributed by atoms with Gasteiger partial charge in [-0.25, -0.2) is 8.78 Å². The van der Waals surface area contributed by atoms with E-state index in [1.165, 1.54) is 48.0 Å². The molecular formula is C33H23F2N3O5S2. The Bertz CT molecular complexity index is 1920. The van der Waals surface area contributed by atoms with Crippen LogP contribution in [0.15, 0.2) is 107 Å². The van der Waals surface area contributed by atoms with Gasteiger partial charge in [-0.2, -0.15) is 0 Å². The third-order valence-electron chi connectivity index (χ3n) is 6.90. The molecule has 6 rings (SSSR count). The highest BCUT2D eigenvalue weighted by Crippen LogP contribution is 2.45. The molecule has 1 fully saturated rings. The lowest BCUT2D eigenvalue weighted by molar-refractivity contribution is -0.132. The molecule has 1 aromatic heterocycles. The van der Waals surface area contributed by atoms with Gasteiger partial charge in [0.1, 0.15) is 23.1 Å². The first-order chi connectivity index (χ1) is 21.8. The number of hydrogen-bond donors (Lipinski definition) is 1. The van der Waals surface area contributed by atoms with Crippen LogP contribution in [-0.4, -0.2) is 34.1 Å². The fraction of sp³-hybridized carbons (Fsp3) is 0.0909. The number of halogens is 2. The zero-order valence-electron chi connectivity index (χ0n) is 23.5. The van der Waals surface area contributed by atoms with E-state index in [1.54, 1.807) is 48.5 Å². The van der Waals surface area contributed by atoms with E-state index in [9.17, 15) is 23.5 Å². The van der Waals surface area contributed by atoms with E-state index in [0.717, 1.165) is 23.0 Å². The first-order valence-electron chi connectivity index (χ1n) is 13.5. The first-order valence-corrected chi connectivity index (χ1v) is 15.3. The summed E-state index contributed by atoms with van der Waals surface area (Å²) in [6.45, 7) is 0. The molecule has 4 aromatic carbocycles. The number of carbonyl (C=O) groups is 2. The Labute approximate surface area is 264 Å². The number of Topliss-reactive ketones (excluding diaryl/α,β-unsaturated/α-hetero) is 1. The van der Waals surface area contributed by atoms with Gasteiger partial charge in [0.2, 0.25) is 5.13 Å². The number of para-hydroxylation sites is 1. The van der Waals surface area contributed by atoms with Crippen LogP contribution in [0.5, 0.6) is 17.2 Å². The van der Waals surface area contributed by atoms with Gasteiger partial charge in [-0.1, -0.05) is 65.6 Å². The van der Waals surface area contributed by atoms with Crippen molar-refractivity contribution in [2.75, 3.05) is 12.0 Å². The normalized spacial score (nSPS) is 15.8. The van der Waals surface area contributed by atoms with Gasteiger partial charge in [0.25, 0.3) is 5.78 Å². The van der Waals surface area contributed by atoms with Crippen LogP contribution in [0, 0.1) is 11.6 Å². The van der Waals surface area contributed by atoms with Gasteiger partial charge in [0.15, 0.2) is 15.9 Å². The molecule has 1 atom stereocenters. The summed E-state index contributed by atoms with van der Waals surface area (Å²) in [5.41, 5.74) is 1.03. The topological polar surface area (TPSA) is 102 Å². The second kappa shape index (κ2) is 12.9. The smallest absolute Gasteiger partial charge is 0.301 e. The second-order valence-electron chi connectivity index (χ2n) is 9.77. The third kappa shape index (κ3) is 6.28. The van der Waals surface area contributed by atoms with E-state index in [1.807, 2.05) is 18.2 Å². The van der Waals surface area contributed by atoms with Crippen molar-refractivity contribution < 1.29 is 33.0 Å². The molecule has 0 saturated carbocycles. The summed E-state index contributed by atoms with van der Waals surface area (Å²) in [6, 6.07) is 24.5. The molecule has 1 saturated heterocycles. The Kier molecular flexibility index (Phi) is 8.58. The van der Waals surface area contributed by atoms with E-state index < -0.39 is 29.3 Å². The Balaban J connectivity index is 1.40. The van der Waals surface area contributed by atoms with Crippen molar-refractivity contribution in [1.29, 1.82) is 0 Å². The van der Waals surface area contributed by atoms with Crippen molar-refractivity contribution in [3.05, 3.63) is 131 Å². The van der Waals surface area contributed by atoms with Gasteiger partial charge in [-0.05, 0) is 65.7 Å². The summed E-state index contributed by atoms with van der Waals surface area (Å²) in [5, 5.41) is 19.9. The molecule has 12 heteroatoms. The van der Waals surface area contributed by atoms with Crippen molar-refractivity contribution in [3.8, 4) is 17.2 Å². The highest BCUT2D eigenvalue weighted by atomic mass is 32.2. The first kappa shape index (κ1) is 30.0. The molecule has 1 N–H and O–H groups in total. The Morgan fingerprint density at radius 3 is 2.42 bits per heavy atom. The molecule has 1 unspecified atom stereocenters. The third-order valence-corrected chi connectivity index (χ3v) is 9.03. The molecule has 1 aliphatic heterocycles. The fourth-order valence-electron chi connectivity index (χ4n) is 4.77. The number of thioether (sulfide) groups is 1.